The summed E-state index contributed by atoms with van der Waals surface area (Å²) in [6.07, 6.45) is 1.77. The van der Waals surface area contributed by atoms with Crippen LogP contribution in [0.2, 0.25) is 0 Å². The highest BCUT2D eigenvalue weighted by Gasteiger charge is 2.32. The molecule has 0 spiro atoms. The van der Waals surface area contributed by atoms with Gasteiger partial charge in [-0.2, -0.15) is 5.10 Å². The average molecular weight is 254 g/mol. The molecule has 1 aromatic rings. The largest absolute Gasteiger partial charge is 0.390 e. The van der Waals surface area contributed by atoms with Crippen molar-refractivity contribution < 1.29 is 9.84 Å². The van der Waals surface area contributed by atoms with Gasteiger partial charge >= 0.3 is 0 Å². The van der Waals surface area contributed by atoms with E-state index < -0.39 is 11.7 Å². The maximum absolute atomic E-state index is 10.4. The van der Waals surface area contributed by atoms with Crippen molar-refractivity contribution in [3.05, 3.63) is 17.5 Å². The summed E-state index contributed by atoms with van der Waals surface area (Å²) in [5.41, 5.74) is 1.64. The normalized spacial score (nSPS) is 16.6. The summed E-state index contributed by atoms with van der Waals surface area (Å²) in [5, 5.41) is 14.8. The molecule has 0 saturated heterocycles. The van der Waals surface area contributed by atoms with Crippen LogP contribution < -0.4 is 0 Å². The zero-order valence-corrected chi connectivity index (χ0v) is 12.2. The number of nitrogens with zero attached hydrogens (tertiary/aromatic N) is 2. The van der Waals surface area contributed by atoms with Crippen LogP contribution in [-0.2, 0) is 24.6 Å². The van der Waals surface area contributed by atoms with Gasteiger partial charge in [0.05, 0.1) is 17.4 Å². The number of rotatable bonds is 7. The van der Waals surface area contributed by atoms with Gasteiger partial charge in [0.15, 0.2) is 0 Å². The molecule has 18 heavy (non-hydrogen) atoms. The first-order valence-corrected chi connectivity index (χ1v) is 6.80. The van der Waals surface area contributed by atoms with Crippen LogP contribution in [0.4, 0.5) is 0 Å². The Kier molecular flexibility index (Phi) is 5.35. The van der Waals surface area contributed by atoms with Gasteiger partial charge in [0, 0.05) is 25.8 Å². The van der Waals surface area contributed by atoms with E-state index in [1.54, 1.807) is 0 Å². The Hall–Kier alpha value is -0.870. The Morgan fingerprint density at radius 2 is 2.11 bits per heavy atom. The second-order valence-corrected chi connectivity index (χ2v) is 4.92. The van der Waals surface area contributed by atoms with Crippen LogP contribution in [0.3, 0.4) is 0 Å². The first-order valence-electron chi connectivity index (χ1n) is 6.80. The lowest BCUT2D eigenvalue weighted by Gasteiger charge is -2.33. The number of aryl methyl sites for hydroxylation is 2. The number of aromatic nitrogens is 2. The van der Waals surface area contributed by atoms with E-state index in [9.17, 15) is 5.11 Å². The summed E-state index contributed by atoms with van der Waals surface area (Å²) in [6.45, 7) is 8.67. The van der Waals surface area contributed by atoms with Crippen LogP contribution in [0.1, 0.15) is 45.5 Å². The Bertz CT molecular complexity index is 376. The highest BCUT2D eigenvalue weighted by atomic mass is 16.5. The smallest absolute Gasteiger partial charge is 0.0913 e. The Labute approximate surface area is 110 Å². The maximum Gasteiger partial charge on any atom is 0.0913 e. The molecule has 0 amide bonds. The molecule has 0 aliphatic rings. The van der Waals surface area contributed by atoms with Gasteiger partial charge in [-0.1, -0.05) is 13.8 Å². The maximum atomic E-state index is 10.4. The molecule has 104 valence electrons. The molecule has 2 unspecified atom stereocenters. The SMILES string of the molecule is CCOC(C)(CC)C(O)Cc1cc(CC)nn1C. The van der Waals surface area contributed by atoms with Crippen molar-refractivity contribution in [2.24, 2.45) is 7.05 Å². The number of aliphatic hydroxyl groups is 1. The van der Waals surface area contributed by atoms with Crippen LogP contribution >= 0.6 is 0 Å². The minimum Gasteiger partial charge on any atom is -0.390 e. The van der Waals surface area contributed by atoms with E-state index in [4.69, 9.17) is 4.74 Å². The van der Waals surface area contributed by atoms with Crippen LogP contribution in [-0.4, -0.2) is 33.2 Å². The van der Waals surface area contributed by atoms with Gasteiger partial charge in [-0.15, -0.1) is 0 Å². The zero-order valence-electron chi connectivity index (χ0n) is 12.2. The minimum atomic E-state index is -0.512. The number of hydrogen-bond donors (Lipinski definition) is 1. The molecule has 0 bridgehead atoms. The molecule has 0 aromatic carbocycles. The van der Waals surface area contributed by atoms with Crippen molar-refractivity contribution in [2.75, 3.05) is 6.61 Å². The third-order valence-corrected chi connectivity index (χ3v) is 3.67. The van der Waals surface area contributed by atoms with Crippen LogP contribution in [0, 0.1) is 0 Å². The Morgan fingerprint density at radius 1 is 1.44 bits per heavy atom. The van der Waals surface area contributed by atoms with Gasteiger partial charge < -0.3 is 9.84 Å². The van der Waals surface area contributed by atoms with Crippen molar-refractivity contribution in [3.8, 4) is 0 Å². The first-order chi connectivity index (χ1) is 8.46. The topological polar surface area (TPSA) is 47.3 Å². The summed E-state index contributed by atoms with van der Waals surface area (Å²) in [7, 11) is 1.92. The third-order valence-electron chi connectivity index (χ3n) is 3.67. The van der Waals surface area contributed by atoms with Crippen molar-refractivity contribution in [2.45, 2.75) is 58.7 Å². The van der Waals surface area contributed by atoms with E-state index in [2.05, 4.69) is 18.1 Å². The fourth-order valence-electron chi connectivity index (χ4n) is 2.11. The molecule has 1 heterocycles. The first kappa shape index (κ1) is 15.2. The lowest BCUT2D eigenvalue weighted by molar-refractivity contribution is -0.110. The standard InChI is InChI=1S/C14H26N2O2/c1-6-11-9-12(16(5)15-11)10-13(17)14(4,7-2)18-8-3/h9,13,17H,6-8,10H2,1-5H3. The molecule has 2 atom stereocenters. The lowest BCUT2D eigenvalue weighted by Crippen LogP contribution is -2.43. The molecule has 4 nitrogen and oxygen atoms in total. The van der Waals surface area contributed by atoms with Gasteiger partial charge in [0.25, 0.3) is 0 Å². The molecule has 0 radical (unpaired) electrons. The van der Waals surface area contributed by atoms with Crippen LogP contribution in [0.25, 0.3) is 0 Å². The molecule has 1 N–H and O–H groups in total. The van der Waals surface area contributed by atoms with E-state index >= 15 is 0 Å². The van der Waals surface area contributed by atoms with Gasteiger partial charge in [-0.25, -0.2) is 0 Å². The van der Waals surface area contributed by atoms with Gasteiger partial charge in [-0.05, 0) is 32.8 Å². The fourth-order valence-corrected chi connectivity index (χ4v) is 2.11. The summed E-state index contributed by atoms with van der Waals surface area (Å²) in [4.78, 5) is 0. The second-order valence-electron chi connectivity index (χ2n) is 4.92. The Morgan fingerprint density at radius 3 is 2.56 bits per heavy atom. The summed E-state index contributed by atoms with van der Waals surface area (Å²) >= 11 is 0. The van der Waals surface area contributed by atoms with E-state index in [1.807, 2.05) is 32.5 Å². The third kappa shape index (κ3) is 3.33. The number of aliphatic hydroxyl groups excluding tert-OH is 1. The van der Waals surface area contributed by atoms with Crippen molar-refractivity contribution in [3.63, 3.8) is 0 Å². The minimum absolute atomic E-state index is 0.481. The van der Waals surface area contributed by atoms with Crippen molar-refractivity contribution in [1.82, 2.24) is 9.78 Å². The van der Waals surface area contributed by atoms with Gasteiger partial charge in [-0.3, -0.25) is 4.68 Å². The molecule has 1 aromatic heterocycles. The lowest BCUT2D eigenvalue weighted by atomic mass is 9.92. The quantitative estimate of drug-likeness (QED) is 0.810. The zero-order chi connectivity index (χ0) is 13.8. The summed E-state index contributed by atoms with van der Waals surface area (Å²) in [5.74, 6) is 0. The number of hydrogen-bond acceptors (Lipinski definition) is 3. The molecular formula is C14H26N2O2. The summed E-state index contributed by atoms with van der Waals surface area (Å²) in [6, 6.07) is 2.06. The Balaban J connectivity index is 2.78. The van der Waals surface area contributed by atoms with Crippen molar-refractivity contribution >= 4 is 0 Å². The molecule has 4 heteroatoms. The molecule has 1 rings (SSSR count). The average Bonchev–Trinajstić information content (AvgIpc) is 2.70. The predicted octanol–water partition coefficient (Wildman–Crippen LogP) is 2.09. The highest BCUT2D eigenvalue weighted by Crippen LogP contribution is 2.23. The van der Waals surface area contributed by atoms with Crippen molar-refractivity contribution in [1.29, 1.82) is 0 Å². The molecular weight excluding hydrogens is 228 g/mol. The summed E-state index contributed by atoms with van der Waals surface area (Å²) < 4.78 is 7.56. The van der Waals surface area contributed by atoms with Gasteiger partial charge in [0.2, 0.25) is 0 Å². The van der Waals surface area contributed by atoms with E-state index in [1.165, 1.54) is 0 Å². The monoisotopic (exact) mass is 254 g/mol. The predicted molar refractivity (Wildman–Crippen MR) is 72.6 cm³/mol. The second kappa shape index (κ2) is 6.34. The van der Waals surface area contributed by atoms with Gasteiger partial charge in [0.1, 0.15) is 0 Å². The molecule has 0 aliphatic carbocycles. The highest BCUT2D eigenvalue weighted by molar-refractivity contribution is 5.12. The molecule has 0 fully saturated rings. The van der Waals surface area contributed by atoms with E-state index in [-0.39, 0.29) is 0 Å². The number of ether oxygens (including phenoxy) is 1. The van der Waals surface area contributed by atoms with E-state index in [0.717, 1.165) is 24.2 Å². The van der Waals surface area contributed by atoms with E-state index in [0.29, 0.717) is 13.0 Å². The van der Waals surface area contributed by atoms with Crippen LogP contribution in [0.15, 0.2) is 6.07 Å². The fraction of sp³-hybridized carbons (Fsp3) is 0.786. The molecule has 0 saturated carbocycles. The molecule has 0 aliphatic heterocycles. The van der Waals surface area contributed by atoms with Crippen LogP contribution in [0.5, 0.6) is 0 Å².